The van der Waals surface area contributed by atoms with E-state index in [1.807, 2.05) is 12.1 Å². The molecule has 0 atom stereocenters. The number of carboxylic acid groups (broad SMARTS) is 1. The van der Waals surface area contributed by atoms with Gasteiger partial charge in [0.25, 0.3) is 0 Å². The first-order valence-corrected chi connectivity index (χ1v) is 8.10. The molecule has 2 N–H and O–H groups in total. The average Bonchev–Trinajstić information content (AvgIpc) is 2.52. The van der Waals surface area contributed by atoms with E-state index in [0.29, 0.717) is 13.2 Å². The fraction of sp³-hybridized carbons (Fsp3) is 0.588. The second-order valence-corrected chi connectivity index (χ2v) is 5.76. The molecule has 2 rings (SSSR count). The standard InChI is InChI=1S/C17H26N2O3/c20-17(21)13-18-8-5-11-22-16-7-4-6-15(12-16)14-19-9-2-1-3-10-19/h4,6-7,12,18H,1-3,5,8-11,13-14H2,(H,20,21). The van der Waals surface area contributed by atoms with E-state index in [4.69, 9.17) is 9.84 Å². The summed E-state index contributed by atoms with van der Waals surface area (Å²) in [5.41, 5.74) is 1.29. The van der Waals surface area contributed by atoms with E-state index in [9.17, 15) is 4.79 Å². The molecule has 22 heavy (non-hydrogen) atoms. The van der Waals surface area contributed by atoms with Crippen molar-refractivity contribution in [3.8, 4) is 5.75 Å². The Morgan fingerprint density at radius 1 is 1.27 bits per heavy atom. The summed E-state index contributed by atoms with van der Waals surface area (Å²) in [4.78, 5) is 12.9. The van der Waals surface area contributed by atoms with E-state index in [2.05, 4.69) is 22.3 Å². The normalized spacial score (nSPS) is 15.6. The number of hydrogen-bond donors (Lipinski definition) is 2. The number of aliphatic carboxylic acids is 1. The van der Waals surface area contributed by atoms with Gasteiger partial charge >= 0.3 is 5.97 Å². The summed E-state index contributed by atoms with van der Waals surface area (Å²) in [5, 5.41) is 11.4. The van der Waals surface area contributed by atoms with Crippen LogP contribution in [0.15, 0.2) is 24.3 Å². The van der Waals surface area contributed by atoms with Gasteiger partial charge < -0.3 is 15.2 Å². The van der Waals surface area contributed by atoms with E-state index >= 15 is 0 Å². The number of likely N-dealkylation sites (tertiary alicyclic amines) is 1. The number of nitrogens with one attached hydrogen (secondary N) is 1. The number of ether oxygens (including phenoxy) is 1. The number of hydrogen-bond acceptors (Lipinski definition) is 4. The summed E-state index contributed by atoms with van der Waals surface area (Å²) in [6.45, 7) is 4.64. The fourth-order valence-electron chi connectivity index (χ4n) is 2.69. The van der Waals surface area contributed by atoms with Crippen LogP contribution in [0.25, 0.3) is 0 Å². The molecule has 0 aliphatic carbocycles. The molecule has 0 saturated carbocycles. The van der Waals surface area contributed by atoms with Crippen molar-refractivity contribution in [3.05, 3.63) is 29.8 Å². The molecule has 0 unspecified atom stereocenters. The Kier molecular flexibility index (Phi) is 7.19. The zero-order valence-electron chi connectivity index (χ0n) is 13.1. The summed E-state index contributed by atoms with van der Waals surface area (Å²) in [5.74, 6) is 0.0686. The van der Waals surface area contributed by atoms with Crippen molar-refractivity contribution >= 4 is 5.97 Å². The first kappa shape index (κ1) is 16.8. The number of piperidine rings is 1. The van der Waals surface area contributed by atoms with Gasteiger partial charge in [-0.2, -0.15) is 0 Å². The van der Waals surface area contributed by atoms with Gasteiger partial charge in [0.15, 0.2) is 0 Å². The Balaban J connectivity index is 1.68. The van der Waals surface area contributed by atoms with Crippen molar-refractivity contribution < 1.29 is 14.6 Å². The van der Waals surface area contributed by atoms with E-state index in [0.717, 1.165) is 18.7 Å². The van der Waals surface area contributed by atoms with Crippen molar-refractivity contribution in [1.82, 2.24) is 10.2 Å². The Morgan fingerprint density at radius 3 is 2.86 bits per heavy atom. The van der Waals surface area contributed by atoms with Gasteiger partial charge in [0, 0.05) is 6.54 Å². The van der Waals surface area contributed by atoms with Crippen molar-refractivity contribution in [3.63, 3.8) is 0 Å². The summed E-state index contributed by atoms with van der Waals surface area (Å²) in [6.07, 6.45) is 4.76. The quantitative estimate of drug-likeness (QED) is 0.684. The minimum absolute atomic E-state index is 0.00528. The minimum atomic E-state index is -0.827. The Bertz CT molecular complexity index is 459. The monoisotopic (exact) mass is 306 g/mol. The Morgan fingerprint density at radius 2 is 2.09 bits per heavy atom. The van der Waals surface area contributed by atoms with E-state index in [-0.39, 0.29) is 6.54 Å². The van der Waals surface area contributed by atoms with Crippen LogP contribution in [-0.2, 0) is 11.3 Å². The number of benzene rings is 1. The van der Waals surface area contributed by atoms with Gasteiger partial charge in [-0.1, -0.05) is 18.6 Å². The molecule has 1 aromatic rings. The first-order chi connectivity index (χ1) is 10.7. The van der Waals surface area contributed by atoms with Gasteiger partial charge in [0.2, 0.25) is 0 Å². The maximum absolute atomic E-state index is 10.4. The number of nitrogens with zero attached hydrogens (tertiary/aromatic N) is 1. The predicted molar refractivity (Wildman–Crippen MR) is 86.2 cm³/mol. The predicted octanol–water partition coefficient (Wildman–Crippen LogP) is 2.12. The van der Waals surface area contributed by atoms with Crippen LogP contribution in [0.3, 0.4) is 0 Å². The van der Waals surface area contributed by atoms with Gasteiger partial charge in [-0.15, -0.1) is 0 Å². The molecule has 0 amide bonds. The summed E-state index contributed by atoms with van der Waals surface area (Å²) in [6, 6.07) is 8.27. The molecule has 1 saturated heterocycles. The molecule has 0 radical (unpaired) electrons. The van der Waals surface area contributed by atoms with Gasteiger partial charge in [-0.25, -0.2) is 0 Å². The third-order valence-corrected chi connectivity index (χ3v) is 3.80. The lowest BCUT2D eigenvalue weighted by Crippen LogP contribution is -2.29. The number of carboxylic acids is 1. The van der Waals surface area contributed by atoms with Crippen LogP contribution >= 0.6 is 0 Å². The van der Waals surface area contributed by atoms with Gasteiger partial charge in [0.1, 0.15) is 5.75 Å². The van der Waals surface area contributed by atoms with Crippen molar-refractivity contribution in [2.45, 2.75) is 32.2 Å². The maximum atomic E-state index is 10.4. The van der Waals surface area contributed by atoms with Crippen LogP contribution in [0.5, 0.6) is 5.75 Å². The van der Waals surface area contributed by atoms with Crippen LogP contribution in [-0.4, -0.2) is 48.8 Å². The van der Waals surface area contributed by atoms with Gasteiger partial charge in [0.05, 0.1) is 13.2 Å². The summed E-state index contributed by atoms with van der Waals surface area (Å²) in [7, 11) is 0. The molecule has 1 fully saturated rings. The topological polar surface area (TPSA) is 61.8 Å². The first-order valence-electron chi connectivity index (χ1n) is 8.10. The third-order valence-electron chi connectivity index (χ3n) is 3.80. The maximum Gasteiger partial charge on any atom is 0.317 e. The largest absolute Gasteiger partial charge is 0.494 e. The van der Waals surface area contributed by atoms with Crippen LogP contribution in [0, 0.1) is 0 Å². The molecular formula is C17H26N2O3. The van der Waals surface area contributed by atoms with Crippen LogP contribution < -0.4 is 10.1 Å². The molecule has 0 spiro atoms. The smallest absolute Gasteiger partial charge is 0.317 e. The van der Waals surface area contributed by atoms with Crippen molar-refractivity contribution in [2.24, 2.45) is 0 Å². The molecule has 1 aromatic carbocycles. The molecule has 0 aromatic heterocycles. The van der Waals surface area contributed by atoms with E-state index in [1.54, 1.807) is 0 Å². The molecule has 0 bridgehead atoms. The highest BCUT2D eigenvalue weighted by molar-refractivity contribution is 5.68. The van der Waals surface area contributed by atoms with Crippen molar-refractivity contribution in [2.75, 3.05) is 32.8 Å². The Hall–Kier alpha value is -1.59. The minimum Gasteiger partial charge on any atom is -0.494 e. The molecule has 122 valence electrons. The zero-order valence-corrected chi connectivity index (χ0v) is 13.1. The van der Waals surface area contributed by atoms with E-state index < -0.39 is 5.97 Å². The highest BCUT2D eigenvalue weighted by Crippen LogP contribution is 2.17. The van der Waals surface area contributed by atoms with Crippen LogP contribution in [0.4, 0.5) is 0 Å². The molecule has 5 heteroatoms. The highest BCUT2D eigenvalue weighted by Gasteiger charge is 2.10. The van der Waals surface area contributed by atoms with Crippen LogP contribution in [0.1, 0.15) is 31.2 Å². The fourth-order valence-corrected chi connectivity index (χ4v) is 2.69. The Labute approximate surface area is 132 Å². The molecular weight excluding hydrogens is 280 g/mol. The summed E-state index contributed by atoms with van der Waals surface area (Å²) < 4.78 is 5.74. The van der Waals surface area contributed by atoms with E-state index in [1.165, 1.54) is 37.9 Å². The molecule has 1 aliphatic heterocycles. The zero-order chi connectivity index (χ0) is 15.6. The number of rotatable bonds is 9. The highest BCUT2D eigenvalue weighted by atomic mass is 16.5. The SMILES string of the molecule is O=C(O)CNCCCOc1cccc(CN2CCCCC2)c1. The lowest BCUT2D eigenvalue weighted by atomic mass is 10.1. The van der Waals surface area contributed by atoms with Gasteiger partial charge in [-0.3, -0.25) is 9.69 Å². The molecule has 5 nitrogen and oxygen atoms in total. The van der Waals surface area contributed by atoms with Crippen molar-refractivity contribution in [1.29, 1.82) is 0 Å². The second kappa shape index (κ2) is 9.43. The number of carbonyl (C=O) groups is 1. The second-order valence-electron chi connectivity index (χ2n) is 5.76. The van der Waals surface area contributed by atoms with Gasteiger partial charge in [-0.05, 0) is 56.6 Å². The van der Waals surface area contributed by atoms with Crippen LogP contribution in [0.2, 0.25) is 0 Å². The third kappa shape index (κ3) is 6.45. The molecule has 1 aliphatic rings. The average molecular weight is 306 g/mol. The lowest BCUT2D eigenvalue weighted by Gasteiger charge is -2.26. The lowest BCUT2D eigenvalue weighted by molar-refractivity contribution is -0.135. The summed E-state index contributed by atoms with van der Waals surface area (Å²) >= 11 is 0. The molecule has 1 heterocycles.